The molecule has 2 atom stereocenters. The predicted molar refractivity (Wildman–Crippen MR) is 138 cm³/mol. The summed E-state index contributed by atoms with van der Waals surface area (Å²) >= 11 is 1.75. The number of hydrogen-bond donors (Lipinski definition) is 1. The second-order valence-electron chi connectivity index (χ2n) is 9.29. The van der Waals surface area contributed by atoms with E-state index in [0.29, 0.717) is 24.6 Å². The summed E-state index contributed by atoms with van der Waals surface area (Å²) in [5.74, 6) is 1.50. The van der Waals surface area contributed by atoms with Crippen LogP contribution in [0.5, 0.6) is 0 Å². The molecule has 0 aromatic heterocycles. The van der Waals surface area contributed by atoms with Gasteiger partial charge in [0.15, 0.2) is 0 Å². The number of rotatable bonds is 11. The average Bonchev–Trinajstić information content (AvgIpc) is 3.24. The second-order valence-corrected chi connectivity index (χ2v) is 10.5. The SMILES string of the molecule is CCCCC(=O)N1C(CC(C)C)SCC1C(=O)NCCC(c1ccccc1)c1ccccc1. The number of hydrogen-bond acceptors (Lipinski definition) is 3. The highest BCUT2D eigenvalue weighted by atomic mass is 32.2. The molecule has 2 aromatic carbocycles. The molecule has 1 aliphatic rings. The van der Waals surface area contributed by atoms with Gasteiger partial charge in [0.1, 0.15) is 6.04 Å². The fraction of sp³-hybridized carbons (Fsp3) is 0.500. The molecule has 0 bridgehead atoms. The van der Waals surface area contributed by atoms with Gasteiger partial charge in [0, 0.05) is 24.6 Å². The first-order chi connectivity index (χ1) is 16.0. The van der Waals surface area contributed by atoms with Gasteiger partial charge in [-0.2, -0.15) is 0 Å². The van der Waals surface area contributed by atoms with Crippen LogP contribution in [0.2, 0.25) is 0 Å². The Balaban J connectivity index is 1.65. The summed E-state index contributed by atoms with van der Waals surface area (Å²) in [7, 11) is 0. The summed E-state index contributed by atoms with van der Waals surface area (Å²) < 4.78 is 0. The largest absolute Gasteiger partial charge is 0.354 e. The molecule has 2 aromatic rings. The molecule has 1 N–H and O–H groups in total. The molecule has 5 heteroatoms. The summed E-state index contributed by atoms with van der Waals surface area (Å²) in [5.41, 5.74) is 2.51. The van der Waals surface area contributed by atoms with Crippen LogP contribution in [0, 0.1) is 5.92 Å². The number of benzene rings is 2. The van der Waals surface area contributed by atoms with Gasteiger partial charge in [-0.15, -0.1) is 11.8 Å². The predicted octanol–water partition coefficient (Wildman–Crippen LogP) is 5.83. The van der Waals surface area contributed by atoms with Gasteiger partial charge in [-0.3, -0.25) is 9.59 Å². The molecule has 178 valence electrons. The van der Waals surface area contributed by atoms with Crippen LogP contribution in [0.25, 0.3) is 0 Å². The fourth-order valence-corrected chi connectivity index (χ4v) is 6.16. The van der Waals surface area contributed by atoms with E-state index in [1.165, 1.54) is 11.1 Å². The molecule has 33 heavy (non-hydrogen) atoms. The molecule has 4 nitrogen and oxygen atoms in total. The minimum atomic E-state index is -0.366. The minimum absolute atomic E-state index is 0.0153. The summed E-state index contributed by atoms with van der Waals surface area (Å²) in [4.78, 5) is 28.1. The topological polar surface area (TPSA) is 49.4 Å². The summed E-state index contributed by atoms with van der Waals surface area (Å²) in [5, 5.41) is 3.27. The van der Waals surface area contributed by atoms with E-state index >= 15 is 0 Å². The van der Waals surface area contributed by atoms with E-state index in [1.54, 1.807) is 11.8 Å². The Morgan fingerprint density at radius 3 is 2.18 bits per heavy atom. The van der Waals surface area contributed by atoms with E-state index in [2.05, 4.69) is 74.6 Å². The van der Waals surface area contributed by atoms with E-state index in [4.69, 9.17) is 0 Å². The fourth-order valence-electron chi connectivity index (χ4n) is 4.50. The lowest BCUT2D eigenvalue weighted by Crippen LogP contribution is -2.50. The van der Waals surface area contributed by atoms with E-state index < -0.39 is 0 Å². The number of thioether (sulfide) groups is 1. The number of carbonyl (C=O) groups is 2. The number of amides is 2. The van der Waals surface area contributed by atoms with Crippen LogP contribution in [0.15, 0.2) is 60.7 Å². The second kappa shape index (κ2) is 12.8. The Bertz CT molecular complexity index is 832. The average molecular weight is 467 g/mol. The molecular weight excluding hydrogens is 428 g/mol. The number of nitrogens with zero attached hydrogens (tertiary/aromatic N) is 1. The van der Waals surface area contributed by atoms with Crippen molar-refractivity contribution in [1.29, 1.82) is 0 Å². The van der Waals surface area contributed by atoms with Crippen LogP contribution >= 0.6 is 11.8 Å². The molecule has 2 unspecified atom stereocenters. The lowest BCUT2D eigenvalue weighted by molar-refractivity contribution is -0.140. The third kappa shape index (κ3) is 7.10. The molecule has 1 fully saturated rings. The van der Waals surface area contributed by atoms with Crippen LogP contribution in [0.4, 0.5) is 0 Å². The van der Waals surface area contributed by atoms with Crippen molar-refractivity contribution in [2.45, 2.75) is 70.2 Å². The maximum absolute atomic E-state index is 13.2. The lowest BCUT2D eigenvalue weighted by Gasteiger charge is -2.30. The zero-order chi connectivity index (χ0) is 23.6. The van der Waals surface area contributed by atoms with E-state index in [9.17, 15) is 9.59 Å². The third-order valence-electron chi connectivity index (χ3n) is 6.24. The van der Waals surface area contributed by atoms with Crippen molar-refractivity contribution in [3.63, 3.8) is 0 Å². The maximum atomic E-state index is 13.2. The standard InChI is InChI=1S/C28H38N2O2S/c1-4-5-16-26(31)30-25(20-33-27(30)19-21(2)3)28(32)29-18-17-24(22-12-8-6-9-13-22)23-14-10-7-11-15-23/h6-15,21,24-25,27H,4-5,16-20H2,1-3H3,(H,29,32). The molecule has 0 radical (unpaired) electrons. The van der Waals surface area contributed by atoms with E-state index in [1.807, 2.05) is 17.0 Å². The van der Waals surface area contributed by atoms with Crippen LogP contribution in [-0.4, -0.2) is 40.4 Å². The van der Waals surface area contributed by atoms with Crippen molar-refractivity contribution >= 4 is 23.6 Å². The first kappa shape index (κ1) is 25.4. The molecule has 0 aliphatic carbocycles. The van der Waals surface area contributed by atoms with Gasteiger partial charge in [-0.1, -0.05) is 87.9 Å². The van der Waals surface area contributed by atoms with Crippen molar-refractivity contribution in [1.82, 2.24) is 10.2 Å². The van der Waals surface area contributed by atoms with Gasteiger partial charge in [0.2, 0.25) is 11.8 Å². The van der Waals surface area contributed by atoms with Crippen molar-refractivity contribution in [2.75, 3.05) is 12.3 Å². The van der Waals surface area contributed by atoms with Gasteiger partial charge < -0.3 is 10.2 Å². The van der Waals surface area contributed by atoms with Crippen LogP contribution in [0.1, 0.15) is 69.9 Å². The van der Waals surface area contributed by atoms with Crippen molar-refractivity contribution in [2.24, 2.45) is 5.92 Å². The van der Waals surface area contributed by atoms with Crippen molar-refractivity contribution in [3.8, 4) is 0 Å². The number of carbonyl (C=O) groups excluding carboxylic acids is 2. The van der Waals surface area contributed by atoms with E-state index in [-0.39, 0.29) is 29.1 Å². The minimum Gasteiger partial charge on any atom is -0.354 e. The molecule has 1 aliphatic heterocycles. The third-order valence-corrected chi connectivity index (χ3v) is 7.55. The van der Waals surface area contributed by atoms with Gasteiger partial charge in [0.25, 0.3) is 0 Å². The van der Waals surface area contributed by atoms with Gasteiger partial charge in [0.05, 0.1) is 5.37 Å². The Labute approximate surface area is 203 Å². The first-order valence-electron chi connectivity index (χ1n) is 12.3. The normalized spacial score (nSPS) is 18.2. The Morgan fingerprint density at radius 2 is 1.64 bits per heavy atom. The van der Waals surface area contributed by atoms with Gasteiger partial charge in [-0.25, -0.2) is 0 Å². The quantitative estimate of drug-likeness (QED) is 0.453. The Kier molecular flexibility index (Phi) is 9.86. The molecule has 1 saturated heterocycles. The lowest BCUT2D eigenvalue weighted by atomic mass is 9.88. The first-order valence-corrected chi connectivity index (χ1v) is 13.4. The van der Waals surface area contributed by atoms with E-state index in [0.717, 1.165) is 25.7 Å². The van der Waals surface area contributed by atoms with Crippen LogP contribution < -0.4 is 5.32 Å². The van der Waals surface area contributed by atoms with Crippen molar-refractivity contribution < 1.29 is 9.59 Å². The molecule has 0 saturated carbocycles. The van der Waals surface area contributed by atoms with Crippen LogP contribution in [-0.2, 0) is 9.59 Å². The number of unbranched alkanes of at least 4 members (excludes halogenated alkanes) is 1. The number of nitrogens with one attached hydrogen (secondary N) is 1. The highest BCUT2D eigenvalue weighted by molar-refractivity contribution is 8.00. The van der Waals surface area contributed by atoms with Gasteiger partial charge in [-0.05, 0) is 36.3 Å². The molecule has 0 spiro atoms. The maximum Gasteiger partial charge on any atom is 0.243 e. The monoisotopic (exact) mass is 466 g/mol. The zero-order valence-electron chi connectivity index (χ0n) is 20.2. The zero-order valence-corrected chi connectivity index (χ0v) is 21.0. The highest BCUT2D eigenvalue weighted by Crippen LogP contribution is 2.34. The summed E-state index contributed by atoms with van der Waals surface area (Å²) in [6.07, 6.45) is 4.13. The van der Waals surface area contributed by atoms with Gasteiger partial charge >= 0.3 is 0 Å². The molecule has 1 heterocycles. The molecular formula is C28H38N2O2S. The highest BCUT2D eigenvalue weighted by Gasteiger charge is 2.41. The molecule has 3 rings (SSSR count). The summed E-state index contributed by atoms with van der Waals surface area (Å²) in [6.45, 7) is 7.03. The summed E-state index contributed by atoms with van der Waals surface area (Å²) in [6, 6.07) is 20.6. The van der Waals surface area contributed by atoms with Crippen molar-refractivity contribution in [3.05, 3.63) is 71.8 Å². The smallest absolute Gasteiger partial charge is 0.243 e. The van der Waals surface area contributed by atoms with Crippen LogP contribution in [0.3, 0.4) is 0 Å². The Hall–Kier alpha value is -2.27. The molecule has 2 amide bonds. The Morgan fingerprint density at radius 1 is 1.03 bits per heavy atom.